The molecule has 166 valence electrons. The average Bonchev–Trinajstić information content (AvgIpc) is 3.14. The molecular formula is C22H33N3O5. The highest BCUT2D eigenvalue weighted by atomic mass is 16.6. The van der Waals surface area contributed by atoms with Crippen molar-refractivity contribution < 1.29 is 23.9 Å². The molecule has 30 heavy (non-hydrogen) atoms. The van der Waals surface area contributed by atoms with Gasteiger partial charge in [-0.3, -0.25) is 9.69 Å². The Morgan fingerprint density at radius 1 is 1.10 bits per heavy atom. The van der Waals surface area contributed by atoms with E-state index in [-0.39, 0.29) is 19.1 Å². The number of nitrogens with zero attached hydrogens (tertiary/aromatic N) is 1. The number of nitrogens with one attached hydrogen (secondary N) is 2. The summed E-state index contributed by atoms with van der Waals surface area (Å²) in [5.41, 5.74) is -0.418. The van der Waals surface area contributed by atoms with Crippen molar-refractivity contribution in [1.29, 1.82) is 0 Å². The number of carbonyl (C=O) groups is 3. The molecule has 0 saturated carbocycles. The quantitative estimate of drug-likeness (QED) is 0.738. The standard InChI is InChI=1S/C22H33N3O5/c1-21(2,3)30-19(27)23-15-22(4,5)24-18(26)17-12-9-13-25(17)20(28)29-14-16-10-7-6-8-11-16/h6-8,10-11,17H,9,12-15H2,1-5H3,(H,23,27)(H,24,26)/t17-/m0/s1. The van der Waals surface area contributed by atoms with Gasteiger partial charge in [0.2, 0.25) is 5.91 Å². The van der Waals surface area contributed by atoms with Crippen LogP contribution < -0.4 is 10.6 Å². The average molecular weight is 420 g/mol. The van der Waals surface area contributed by atoms with Crippen LogP contribution in [0.2, 0.25) is 0 Å². The van der Waals surface area contributed by atoms with E-state index in [1.165, 1.54) is 4.90 Å². The molecule has 0 aromatic heterocycles. The SMILES string of the molecule is CC(C)(CNC(=O)OC(C)(C)C)NC(=O)[C@@H]1CCCN1C(=O)OCc1ccccc1. The normalized spacial score (nSPS) is 16.7. The molecule has 2 N–H and O–H groups in total. The molecule has 2 rings (SSSR count). The van der Waals surface area contributed by atoms with Crippen LogP contribution in [0.25, 0.3) is 0 Å². The van der Waals surface area contributed by atoms with Gasteiger partial charge in [-0.2, -0.15) is 0 Å². The third-order valence-electron chi connectivity index (χ3n) is 4.53. The molecule has 1 saturated heterocycles. The van der Waals surface area contributed by atoms with Crippen molar-refractivity contribution in [3.63, 3.8) is 0 Å². The highest BCUT2D eigenvalue weighted by Crippen LogP contribution is 2.20. The molecule has 0 aliphatic carbocycles. The number of hydrogen-bond donors (Lipinski definition) is 2. The van der Waals surface area contributed by atoms with Gasteiger partial charge in [-0.1, -0.05) is 30.3 Å². The minimum Gasteiger partial charge on any atom is -0.445 e. The summed E-state index contributed by atoms with van der Waals surface area (Å²) in [5.74, 6) is -0.264. The van der Waals surface area contributed by atoms with Gasteiger partial charge in [0.15, 0.2) is 0 Å². The summed E-state index contributed by atoms with van der Waals surface area (Å²) in [6, 6.07) is 8.81. The molecule has 8 heteroatoms. The van der Waals surface area contributed by atoms with Crippen LogP contribution in [0.4, 0.5) is 9.59 Å². The second-order valence-corrected chi connectivity index (χ2v) is 9.12. The minimum absolute atomic E-state index is 0.163. The van der Waals surface area contributed by atoms with Gasteiger partial charge in [0.25, 0.3) is 0 Å². The zero-order chi connectivity index (χ0) is 22.4. The lowest BCUT2D eigenvalue weighted by Gasteiger charge is -2.31. The number of likely N-dealkylation sites (tertiary alicyclic amines) is 1. The van der Waals surface area contributed by atoms with Crippen LogP contribution >= 0.6 is 0 Å². The molecule has 3 amide bonds. The molecule has 8 nitrogen and oxygen atoms in total. The predicted octanol–water partition coefficient (Wildman–Crippen LogP) is 3.21. The van der Waals surface area contributed by atoms with Crippen molar-refractivity contribution in [3.8, 4) is 0 Å². The van der Waals surface area contributed by atoms with E-state index in [1.807, 2.05) is 30.3 Å². The van der Waals surface area contributed by atoms with Gasteiger partial charge in [-0.25, -0.2) is 9.59 Å². The highest BCUT2D eigenvalue weighted by molar-refractivity contribution is 5.86. The first-order chi connectivity index (χ1) is 14.0. The molecule has 1 heterocycles. The molecule has 0 bridgehead atoms. The fraction of sp³-hybridized carbons (Fsp3) is 0.591. The van der Waals surface area contributed by atoms with Crippen LogP contribution in [0.5, 0.6) is 0 Å². The van der Waals surface area contributed by atoms with Crippen molar-refractivity contribution in [2.24, 2.45) is 0 Å². The summed E-state index contributed by atoms with van der Waals surface area (Å²) in [5, 5.41) is 5.58. The van der Waals surface area contributed by atoms with E-state index in [0.717, 1.165) is 12.0 Å². The number of ether oxygens (including phenoxy) is 2. The fourth-order valence-corrected chi connectivity index (χ4v) is 3.13. The zero-order valence-corrected chi connectivity index (χ0v) is 18.5. The van der Waals surface area contributed by atoms with Crippen LogP contribution in [-0.2, 0) is 20.9 Å². The molecule has 0 spiro atoms. The van der Waals surface area contributed by atoms with Crippen LogP contribution in [0.15, 0.2) is 30.3 Å². The van der Waals surface area contributed by atoms with Gasteiger partial charge in [-0.05, 0) is 53.0 Å². The van der Waals surface area contributed by atoms with Crippen molar-refractivity contribution in [1.82, 2.24) is 15.5 Å². The Kier molecular flexibility index (Phi) is 7.70. The maximum atomic E-state index is 12.8. The zero-order valence-electron chi connectivity index (χ0n) is 18.5. The van der Waals surface area contributed by atoms with Gasteiger partial charge in [0.1, 0.15) is 18.2 Å². The topological polar surface area (TPSA) is 97.0 Å². The first kappa shape index (κ1) is 23.5. The van der Waals surface area contributed by atoms with E-state index in [2.05, 4.69) is 10.6 Å². The van der Waals surface area contributed by atoms with Crippen LogP contribution in [-0.4, -0.2) is 53.3 Å². The van der Waals surface area contributed by atoms with Crippen LogP contribution in [0.1, 0.15) is 53.0 Å². The molecule has 1 aliphatic rings. The Balaban J connectivity index is 1.86. The Morgan fingerprint density at radius 2 is 1.77 bits per heavy atom. The van der Waals surface area contributed by atoms with Crippen molar-refractivity contribution >= 4 is 18.1 Å². The van der Waals surface area contributed by atoms with Gasteiger partial charge >= 0.3 is 12.2 Å². The largest absolute Gasteiger partial charge is 0.445 e. The minimum atomic E-state index is -0.712. The first-order valence-electron chi connectivity index (χ1n) is 10.2. The maximum Gasteiger partial charge on any atom is 0.410 e. The molecular weight excluding hydrogens is 386 g/mol. The Hall–Kier alpha value is -2.77. The third kappa shape index (κ3) is 7.57. The van der Waals surface area contributed by atoms with Gasteiger partial charge < -0.3 is 20.1 Å². The number of alkyl carbamates (subject to hydrolysis) is 1. The molecule has 1 atom stereocenters. The summed E-state index contributed by atoms with van der Waals surface area (Å²) in [6.07, 6.45) is 0.259. The van der Waals surface area contributed by atoms with E-state index in [4.69, 9.17) is 9.47 Å². The van der Waals surface area contributed by atoms with Gasteiger partial charge in [0, 0.05) is 13.1 Å². The summed E-state index contributed by atoms with van der Waals surface area (Å²) in [4.78, 5) is 38.6. The first-order valence-corrected chi connectivity index (χ1v) is 10.2. The lowest BCUT2D eigenvalue weighted by Crippen LogP contribution is -2.56. The molecule has 1 aromatic carbocycles. The maximum absolute atomic E-state index is 12.8. The van der Waals surface area contributed by atoms with Crippen molar-refractivity contribution in [2.75, 3.05) is 13.1 Å². The smallest absolute Gasteiger partial charge is 0.410 e. The van der Waals surface area contributed by atoms with Crippen molar-refractivity contribution in [2.45, 2.75) is 71.2 Å². The summed E-state index contributed by atoms with van der Waals surface area (Å²) in [7, 11) is 0. The highest BCUT2D eigenvalue weighted by Gasteiger charge is 2.37. The number of amides is 3. The summed E-state index contributed by atoms with van der Waals surface area (Å²) < 4.78 is 10.6. The number of hydrogen-bond acceptors (Lipinski definition) is 5. The summed E-state index contributed by atoms with van der Waals surface area (Å²) in [6.45, 7) is 9.78. The number of rotatable bonds is 6. The Morgan fingerprint density at radius 3 is 2.40 bits per heavy atom. The fourth-order valence-electron chi connectivity index (χ4n) is 3.13. The van der Waals surface area contributed by atoms with Crippen molar-refractivity contribution in [3.05, 3.63) is 35.9 Å². The van der Waals surface area contributed by atoms with Crippen LogP contribution in [0, 0.1) is 0 Å². The van der Waals surface area contributed by atoms with E-state index in [1.54, 1.807) is 34.6 Å². The molecule has 1 aromatic rings. The number of carbonyl (C=O) groups excluding carboxylic acids is 3. The third-order valence-corrected chi connectivity index (χ3v) is 4.53. The van der Waals surface area contributed by atoms with E-state index in [0.29, 0.717) is 13.0 Å². The number of benzene rings is 1. The molecule has 1 fully saturated rings. The monoisotopic (exact) mass is 419 g/mol. The molecule has 0 unspecified atom stereocenters. The second kappa shape index (κ2) is 9.82. The van der Waals surface area contributed by atoms with E-state index in [9.17, 15) is 14.4 Å². The lowest BCUT2D eigenvalue weighted by atomic mass is 10.0. The Bertz CT molecular complexity index is 743. The lowest BCUT2D eigenvalue weighted by molar-refractivity contribution is -0.126. The van der Waals surface area contributed by atoms with E-state index >= 15 is 0 Å². The molecule has 1 aliphatic heterocycles. The molecule has 0 radical (unpaired) electrons. The van der Waals surface area contributed by atoms with Gasteiger partial charge in [-0.15, -0.1) is 0 Å². The van der Waals surface area contributed by atoms with Crippen LogP contribution in [0.3, 0.4) is 0 Å². The van der Waals surface area contributed by atoms with Gasteiger partial charge in [0.05, 0.1) is 5.54 Å². The summed E-state index contributed by atoms with van der Waals surface area (Å²) >= 11 is 0. The van der Waals surface area contributed by atoms with E-state index < -0.39 is 29.4 Å². The second-order valence-electron chi connectivity index (χ2n) is 9.12. The Labute approximate surface area is 178 Å². The predicted molar refractivity (Wildman–Crippen MR) is 113 cm³/mol.